The number of hydrogen-bond acceptors (Lipinski definition) is 7. The molecule has 3 aromatic heterocycles. The molecule has 0 amide bonds. The van der Waals surface area contributed by atoms with Crippen molar-refractivity contribution in [2.75, 3.05) is 11.4 Å². The first-order valence-electron chi connectivity index (χ1n) is 9.78. The van der Waals surface area contributed by atoms with E-state index in [1.54, 1.807) is 30.5 Å². The SMILES string of the molecule is CCc1nc2ccc(B(O)O)cn2c1N(CC)c1nc(-c2ccc(F)cc2)c(C#N)s1. The summed E-state index contributed by atoms with van der Waals surface area (Å²) in [5.41, 5.74) is 3.00. The number of thiazole rings is 1. The highest BCUT2D eigenvalue weighted by Gasteiger charge is 2.24. The number of imidazole rings is 1. The van der Waals surface area contributed by atoms with Gasteiger partial charge in [0.1, 0.15) is 33.9 Å². The Balaban J connectivity index is 1.88. The average molecular weight is 435 g/mol. The van der Waals surface area contributed by atoms with Crippen LogP contribution in [0.3, 0.4) is 0 Å². The van der Waals surface area contributed by atoms with Gasteiger partial charge >= 0.3 is 7.12 Å². The molecule has 31 heavy (non-hydrogen) atoms. The number of aryl methyl sites for hydroxylation is 1. The van der Waals surface area contributed by atoms with Crippen LogP contribution < -0.4 is 10.4 Å². The van der Waals surface area contributed by atoms with Gasteiger partial charge in [-0.3, -0.25) is 4.40 Å². The summed E-state index contributed by atoms with van der Waals surface area (Å²) in [6, 6.07) is 11.4. The monoisotopic (exact) mass is 435 g/mol. The van der Waals surface area contributed by atoms with E-state index in [0.29, 0.717) is 45.3 Å². The molecule has 0 spiro atoms. The molecule has 0 unspecified atom stereocenters. The maximum Gasteiger partial charge on any atom is 0.489 e. The Hall–Kier alpha value is -3.26. The Morgan fingerprint density at radius 3 is 2.52 bits per heavy atom. The van der Waals surface area contributed by atoms with Gasteiger partial charge in [-0.15, -0.1) is 0 Å². The molecular formula is C21H19BFN5O2S. The zero-order chi connectivity index (χ0) is 22.1. The van der Waals surface area contributed by atoms with Gasteiger partial charge < -0.3 is 14.9 Å². The molecule has 10 heteroatoms. The second kappa shape index (κ2) is 8.47. The molecule has 0 saturated heterocycles. The van der Waals surface area contributed by atoms with Crippen molar-refractivity contribution >= 4 is 40.5 Å². The van der Waals surface area contributed by atoms with Crippen LogP contribution >= 0.6 is 11.3 Å². The molecule has 0 aliphatic carbocycles. The highest BCUT2D eigenvalue weighted by atomic mass is 32.1. The summed E-state index contributed by atoms with van der Waals surface area (Å²) in [5, 5.41) is 29.5. The molecule has 0 radical (unpaired) electrons. The van der Waals surface area contributed by atoms with Crippen LogP contribution in [0.5, 0.6) is 0 Å². The first kappa shape index (κ1) is 21.0. The molecule has 2 N–H and O–H groups in total. The van der Waals surface area contributed by atoms with Gasteiger partial charge in [0.15, 0.2) is 5.13 Å². The molecule has 0 atom stereocenters. The van der Waals surface area contributed by atoms with Gasteiger partial charge in [-0.05, 0) is 49.1 Å². The van der Waals surface area contributed by atoms with Gasteiger partial charge in [0.05, 0.1) is 5.69 Å². The number of aromatic nitrogens is 3. The van der Waals surface area contributed by atoms with E-state index in [2.05, 4.69) is 11.1 Å². The summed E-state index contributed by atoms with van der Waals surface area (Å²) in [7, 11) is -1.60. The Bertz CT molecular complexity index is 1280. The number of nitriles is 1. The third kappa shape index (κ3) is 3.79. The van der Waals surface area contributed by atoms with Crippen LogP contribution in [-0.2, 0) is 6.42 Å². The topological polar surface area (TPSA) is 97.7 Å². The standard InChI is InChI=1S/C21H19BFN5O2S/c1-3-16-20(28-12-14(22(29)30)7-10-18(28)25-16)27(4-2)21-26-19(17(11-24)31-21)13-5-8-15(23)9-6-13/h5-10,12,29-30H,3-4H2,1-2H3. The highest BCUT2D eigenvalue weighted by Crippen LogP contribution is 2.37. The van der Waals surface area contributed by atoms with Crippen molar-refractivity contribution in [1.82, 2.24) is 14.4 Å². The number of fused-ring (bicyclic) bond motifs is 1. The van der Waals surface area contributed by atoms with E-state index in [4.69, 9.17) is 4.98 Å². The lowest BCUT2D eigenvalue weighted by Gasteiger charge is -2.21. The van der Waals surface area contributed by atoms with Crippen LogP contribution in [0.2, 0.25) is 0 Å². The summed E-state index contributed by atoms with van der Waals surface area (Å²) in [6.07, 6.45) is 2.30. The van der Waals surface area contributed by atoms with Crippen LogP contribution in [0.4, 0.5) is 15.3 Å². The summed E-state index contributed by atoms with van der Waals surface area (Å²) in [6.45, 7) is 4.51. The summed E-state index contributed by atoms with van der Waals surface area (Å²) >= 11 is 1.25. The normalized spacial score (nSPS) is 11.0. The Morgan fingerprint density at radius 1 is 1.16 bits per heavy atom. The van der Waals surface area contributed by atoms with Crippen LogP contribution in [0.25, 0.3) is 16.9 Å². The van der Waals surface area contributed by atoms with Crippen molar-refractivity contribution in [3.05, 3.63) is 59.0 Å². The van der Waals surface area contributed by atoms with Gasteiger partial charge in [-0.25, -0.2) is 14.4 Å². The number of benzene rings is 1. The largest absolute Gasteiger partial charge is 0.489 e. The number of hydrogen-bond donors (Lipinski definition) is 2. The van der Waals surface area contributed by atoms with Gasteiger partial charge in [0.25, 0.3) is 0 Å². The first-order valence-corrected chi connectivity index (χ1v) is 10.6. The smallest absolute Gasteiger partial charge is 0.423 e. The van der Waals surface area contributed by atoms with Crippen LogP contribution in [0.1, 0.15) is 24.4 Å². The van der Waals surface area contributed by atoms with Gasteiger partial charge in [0.2, 0.25) is 0 Å². The van der Waals surface area contributed by atoms with Crippen molar-refractivity contribution in [2.45, 2.75) is 20.3 Å². The van der Waals surface area contributed by atoms with Crippen molar-refractivity contribution in [2.24, 2.45) is 0 Å². The van der Waals surface area contributed by atoms with E-state index in [-0.39, 0.29) is 5.82 Å². The second-order valence-electron chi connectivity index (χ2n) is 6.84. The lowest BCUT2D eigenvalue weighted by molar-refractivity contribution is 0.425. The van der Waals surface area contributed by atoms with E-state index >= 15 is 0 Å². The Kier molecular flexibility index (Phi) is 5.74. The minimum Gasteiger partial charge on any atom is -0.423 e. The lowest BCUT2D eigenvalue weighted by atomic mass is 9.82. The predicted octanol–water partition coefficient (Wildman–Crippen LogP) is 2.87. The number of nitrogens with zero attached hydrogens (tertiary/aromatic N) is 5. The summed E-state index contributed by atoms with van der Waals surface area (Å²) < 4.78 is 15.2. The second-order valence-corrected chi connectivity index (χ2v) is 7.81. The zero-order valence-corrected chi connectivity index (χ0v) is 17.8. The molecule has 0 aliphatic rings. The predicted molar refractivity (Wildman–Crippen MR) is 119 cm³/mol. The molecule has 7 nitrogen and oxygen atoms in total. The molecule has 156 valence electrons. The van der Waals surface area contributed by atoms with Crippen molar-refractivity contribution in [3.63, 3.8) is 0 Å². The average Bonchev–Trinajstić information content (AvgIpc) is 3.36. The minimum atomic E-state index is -1.60. The van der Waals surface area contributed by atoms with E-state index in [1.807, 2.05) is 23.1 Å². The van der Waals surface area contributed by atoms with Gasteiger partial charge in [0, 0.05) is 18.3 Å². The van der Waals surface area contributed by atoms with Crippen molar-refractivity contribution < 1.29 is 14.4 Å². The van der Waals surface area contributed by atoms with E-state index in [1.165, 1.54) is 23.5 Å². The van der Waals surface area contributed by atoms with E-state index < -0.39 is 7.12 Å². The van der Waals surface area contributed by atoms with E-state index in [0.717, 1.165) is 11.5 Å². The fourth-order valence-electron chi connectivity index (χ4n) is 3.45. The summed E-state index contributed by atoms with van der Waals surface area (Å²) in [5.74, 6) is 0.402. The molecule has 1 aromatic carbocycles. The first-order chi connectivity index (χ1) is 15.0. The maximum atomic E-state index is 13.3. The molecule has 4 aromatic rings. The Morgan fingerprint density at radius 2 is 1.90 bits per heavy atom. The Labute approximate surface area is 182 Å². The molecule has 0 bridgehead atoms. The third-order valence-corrected chi connectivity index (χ3v) is 5.94. The van der Waals surface area contributed by atoms with Crippen LogP contribution in [0.15, 0.2) is 42.6 Å². The molecular weight excluding hydrogens is 416 g/mol. The lowest BCUT2D eigenvalue weighted by Crippen LogP contribution is -2.31. The quantitative estimate of drug-likeness (QED) is 0.452. The van der Waals surface area contributed by atoms with Crippen LogP contribution in [0, 0.1) is 17.1 Å². The molecule has 0 fully saturated rings. The summed E-state index contributed by atoms with van der Waals surface area (Å²) in [4.78, 5) is 11.8. The molecule has 4 rings (SSSR count). The van der Waals surface area contributed by atoms with Crippen LogP contribution in [-0.4, -0.2) is 38.1 Å². The fraction of sp³-hybridized carbons (Fsp3) is 0.190. The van der Waals surface area contributed by atoms with Crippen molar-refractivity contribution in [1.29, 1.82) is 5.26 Å². The number of halogens is 1. The number of pyridine rings is 1. The van der Waals surface area contributed by atoms with Crippen molar-refractivity contribution in [3.8, 4) is 17.3 Å². The van der Waals surface area contributed by atoms with Gasteiger partial charge in [-0.1, -0.05) is 24.3 Å². The zero-order valence-electron chi connectivity index (χ0n) is 16.9. The number of anilines is 2. The maximum absolute atomic E-state index is 13.3. The minimum absolute atomic E-state index is 0.341. The van der Waals surface area contributed by atoms with E-state index in [9.17, 15) is 19.7 Å². The highest BCUT2D eigenvalue weighted by molar-refractivity contribution is 7.16. The fourth-order valence-corrected chi connectivity index (χ4v) is 4.40. The van der Waals surface area contributed by atoms with Gasteiger partial charge in [-0.2, -0.15) is 5.26 Å². The molecule has 3 heterocycles. The molecule has 0 saturated carbocycles. The number of rotatable bonds is 6. The molecule has 0 aliphatic heterocycles. The third-order valence-electron chi connectivity index (χ3n) is 4.96.